The van der Waals surface area contributed by atoms with Crippen LogP contribution in [0.1, 0.15) is 0 Å². The molecular formula is ClNa13O17P4. The minimum Gasteiger partial charge on any atom is -0.822 e. The zero-order chi connectivity index (χ0) is 20.0. The maximum atomic E-state index is 8.55. The minimum absolute atomic E-state index is 0. The molecule has 0 saturated carbocycles. The van der Waals surface area contributed by atoms with E-state index in [9.17, 15) is 0 Å². The molecule has 0 amide bonds. The SMILES string of the molecule is O=P([O-])([O-])[O-].O=P([O-])([O-])[O-].O=P([O-])([O-])[O-].O=P([O-])([O-])[O-].[Na+].[Na+].[Na+].[Na+].[Na+].[Na+].[Na+].[Na+].[Na+].[Na+].[Na+].[Na+].[Na+].[O-]Cl. The Morgan fingerprint density at radius 1 is 0.257 bits per heavy atom. The van der Waals surface area contributed by atoms with E-state index < -0.39 is 31.3 Å². The van der Waals surface area contributed by atoms with E-state index in [1.165, 1.54) is 0 Å². The summed E-state index contributed by atoms with van der Waals surface area (Å²) in [5.41, 5.74) is 0. The Hall–Kier alpha value is 13.7. The molecule has 0 bridgehead atoms. The molecule has 35 heavy (non-hydrogen) atoms. The average molecular weight is 730 g/mol. The van der Waals surface area contributed by atoms with Crippen LogP contribution in [0.4, 0.5) is 0 Å². The third kappa shape index (κ3) is 531. The van der Waals surface area contributed by atoms with Crippen molar-refractivity contribution in [3.63, 3.8) is 0 Å². The second kappa shape index (κ2) is 73.2. The summed E-state index contributed by atoms with van der Waals surface area (Å²) in [7, 11) is -21.6. The van der Waals surface area contributed by atoms with Crippen molar-refractivity contribution in [2.75, 3.05) is 0 Å². The molecule has 0 aliphatic carbocycles. The summed E-state index contributed by atoms with van der Waals surface area (Å²) in [5.74, 6) is 0. The molecule has 0 aromatic carbocycles. The maximum Gasteiger partial charge on any atom is 1.00 e. The molecule has 0 aromatic rings. The monoisotopic (exact) mass is 730 g/mol. The average Bonchev–Trinajstić information content (AvgIpc) is 1.92. The Morgan fingerprint density at radius 2 is 0.257 bits per heavy atom. The summed E-state index contributed by atoms with van der Waals surface area (Å²) in [6.07, 6.45) is 0. The van der Waals surface area contributed by atoms with Gasteiger partial charge in [-0.15, -0.1) is 0 Å². The van der Waals surface area contributed by atoms with Crippen LogP contribution in [0, 0.1) is 0 Å². The summed E-state index contributed by atoms with van der Waals surface area (Å²) in [6, 6.07) is 0. The van der Waals surface area contributed by atoms with Crippen molar-refractivity contribution in [1.82, 2.24) is 0 Å². The Bertz CT molecular complexity index is 319. The number of halogens is 1. The van der Waals surface area contributed by atoms with Crippen LogP contribution < -0.4 is 448 Å². The van der Waals surface area contributed by atoms with Crippen molar-refractivity contribution in [3.8, 4) is 0 Å². The summed E-state index contributed by atoms with van der Waals surface area (Å²) >= 11 is 3.39. The van der Waals surface area contributed by atoms with E-state index in [4.69, 9.17) is 81.6 Å². The first-order chi connectivity index (χ1) is 9.00. The molecule has 0 aliphatic rings. The minimum atomic E-state index is -5.39. The van der Waals surface area contributed by atoms with E-state index in [2.05, 4.69) is 11.9 Å². The summed E-state index contributed by atoms with van der Waals surface area (Å²) in [5, 5.41) is 0. The van der Waals surface area contributed by atoms with Crippen LogP contribution in [0.2, 0.25) is 0 Å². The van der Waals surface area contributed by atoms with Gasteiger partial charge in [0.1, 0.15) is 0 Å². The number of hydrogen-bond acceptors (Lipinski definition) is 17. The third-order valence-electron chi connectivity index (χ3n) is 0. The molecule has 35 heteroatoms. The summed E-state index contributed by atoms with van der Waals surface area (Å²) < 4.78 is 41.9. The molecule has 17 nitrogen and oxygen atoms in total. The van der Waals surface area contributed by atoms with Gasteiger partial charge < -0.3 is 81.6 Å². The van der Waals surface area contributed by atoms with Crippen LogP contribution in [-0.4, -0.2) is 0 Å². The first-order valence-corrected chi connectivity index (χ1v) is 9.23. The zero-order valence-electron chi connectivity index (χ0n) is 22.1. The maximum absolute atomic E-state index is 8.55. The normalized spacial score (nSPS) is 6.91. The van der Waals surface area contributed by atoms with E-state index >= 15 is 0 Å². The van der Waals surface area contributed by atoms with Crippen LogP contribution in [0.25, 0.3) is 0 Å². The smallest absolute Gasteiger partial charge is 0.822 e. The molecule has 0 heterocycles. The van der Waals surface area contributed by atoms with Gasteiger partial charge in [-0.3, -0.25) is 0 Å². The number of rotatable bonds is 0. The van der Waals surface area contributed by atoms with Crippen LogP contribution in [0.5, 0.6) is 0 Å². The van der Waals surface area contributed by atoms with Gasteiger partial charge >= 0.3 is 384 Å². The molecule has 0 atom stereocenters. The fourth-order valence-corrected chi connectivity index (χ4v) is 0. The predicted octanol–water partition coefficient (Wildman–Crippen LogP) is -50.7. The van der Waals surface area contributed by atoms with E-state index in [-0.39, 0.29) is 384 Å². The van der Waals surface area contributed by atoms with Crippen molar-refractivity contribution in [3.05, 3.63) is 0 Å². The topological polar surface area (TPSA) is 368 Å². The van der Waals surface area contributed by atoms with Gasteiger partial charge in [0.25, 0.3) is 0 Å². The van der Waals surface area contributed by atoms with Crippen LogP contribution >= 0.6 is 43.2 Å². The van der Waals surface area contributed by atoms with Gasteiger partial charge in [0.15, 0.2) is 0 Å². The fourth-order valence-electron chi connectivity index (χ4n) is 0. The van der Waals surface area contributed by atoms with Crippen molar-refractivity contribution in [1.29, 1.82) is 0 Å². The van der Waals surface area contributed by atoms with Crippen LogP contribution in [0.15, 0.2) is 0 Å². The molecule has 0 N–H and O–H groups in total. The van der Waals surface area contributed by atoms with E-state index in [0.717, 1.165) is 0 Å². The zero-order valence-corrected chi connectivity index (χ0v) is 52.4. The van der Waals surface area contributed by atoms with Crippen molar-refractivity contribution in [2.45, 2.75) is 0 Å². The number of hydrogen-bond donors (Lipinski definition) is 0. The summed E-state index contributed by atoms with van der Waals surface area (Å²) in [4.78, 5) is 103. The quantitative estimate of drug-likeness (QED) is 0.165. The van der Waals surface area contributed by atoms with Gasteiger partial charge in [-0.2, -0.15) is 31.3 Å². The van der Waals surface area contributed by atoms with Crippen LogP contribution in [0.3, 0.4) is 0 Å². The molecule has 0 spiro atoms. The fraction of sp³-hybridized carbons (Fsp3) is 0. The Kier molecular flexibility index (Phi) is 246. The largest absolute Gasteiger partial charge is 1.00 e. The first-order valence-electron chi connectivity index (χ1n) is 3.08. The first kappa shape index (κ1) is 118. The van der Waals surface area contributed by atoms with E-state index in [1.807, 2.05) is 0 Å². The standard InChI is InChI=1S/ClO.13Na.4H3O4P/c1-2;;;;;;;;;;;;;;4*1-5(2,3)4/h;;;;;;;;;;;;;;4*(H3,1,2,3,4)/q-1;13*+1;;;;/p-12. The van der Waals surface area contributed by atoms with Crippen molar-refractivity contribution < 1.29 is 466 Å². The van der Waals surface area contributed by atoms with E-state index in [0.29, 0.717) is 0 Å². The predicted molar refractivity (Wildman–Crippen MR) is 36.3 cm³/mol. The molecule has 142 valence electrons. The Labute approximate surface area is 495 Å². The molecule has 0 unspecified atom stereocenters. The van der Waals surface area contributed by atoms with Gasteiger partial charge in [-0.05, 0) is 0 Å². The second-order valence-corrected chi connectivity index (χ2v) is 5.37. The molecule has 0 radical (unpaired) electrons. The van der Waals surface area contributed by atoms with Gasteiger partial charge in [-0.1, -0.05) is 0 Å². The molecular weight excluding hydrogens is 730 g/mol. The van der Waals surface area contributed by atoms with Gasteiger partial charge in [0, 0.05) is 0 Å². The van der Waals surface area contributed by atoms with Gasteiger partial charge in [-0.25, -0.2) is 11.9 Å². The Morgan fingerprint density at radius 3 is 0.257 bits per heavy atom. The Balaban J connectivity index is -0.00000000599. The molecule has 0 rings (SSSR count). The molecule has 0 aliphatic heterocycles. The van der Waals surface area contributed by atoms with Crippen molar-refractivity contribution in [2.24, 2.45) is 0 Å². The molecule has 0 aromatic heterocycles. The second-order valence-electron chi connectivity index (χ2n) is 1.79. The summed E-state index contributed by atoms with van der Waals surface area (Å²) in [6.45, 7) is 0. The molecule has 0 fully saturated rings. The van der Waals surface area contributed by atoms with E-state index in [1.54, 1.807) is 0 Å². The van der Waals surface area contributed by atoms with Crippen molar-refractivity contribution >= 4 is 43.2 Å². The number of phosphoric acid groups is 4. The van der Waals surface area contributed by atoms with Gasteiger partial charge in [0.05, 0.1) is 0 Å². The molecule has 0 saturated heterocycles. The third-order valence-corrected chi connectivity index (χ3v) is 0. The van der Waals surface area contributed by atoms with Crippen LogP contribution in [-0.2, 0) is 18.3 Å². The van der Waals surface area contributed by atoms with Gasteiger partial charge in [0.2, 0.25) is 0 Å².